The molecule has 8 heteroatoms. The molecule has 0 radical (unpaired) electrons. The van der Waals surface area contributed by atoms with E-state index in [0.29, 0.717) is 34.1 Å². The molecule has 0 amide bonds. The van der Waals surface area contributed by atoms with Crippen molar-refractivity contribution in [3.8, 4) is 5.75 Å². The number of oxime groups is 1. The topological polar surface area (TPSA) is 108 Å². The molecule has 0 spiro atoms. The Balaban J connectivity index is 2.57. The number of hydrogen-bond acceptors (Lipinski definition) is 8. The monoisotopic (exact) mass is 387 g/mol. The highest BCUT2D eigenvalue weighted by atomic mass is 16.5. The van der Waals surface area contributed by atoms with Crippen molar-refractivity contribution in [1.82, 2.24) is 0 Å². The van der Waals surface area contributed by atoms with Crippen LogP contribution in [-0.2, 0) is 14.2 Å². The number of hydrogen-bond donors (Lipinski definition) is 2. The fourth-order valence-corrected chi connectivity index (χ4v) is 2.92. The van der Waals surface area contributed by atoms with Gasteiger partial charge in [0.15, 0.2) is 11.5 Å². The first-order valence-corrected chi connectivity index (χ1v) is 8.45. The minimum atomic E-state index is -0.463. The normalized spacial score (nSPS) is 17.9. The van der Waals surface area contributed by atoms with Crippen molar-refractivity contribution in [1.29, 1.82) is 0 Å². The summed E-state index contributed by atoms with van der Waals surface area (Å²) in [4.78, 5) is 0. The van der Waals surface area contributed by atoms with Crippen molar-refractivity contribution in [2.75, 3.05) is 28.4 Å². The average Bonchev–Trinajstić information content (AvgIpc) is 2.90. The van der Waals surface area contributed by atoms with Gasteiger partial charge in [-0.05, 0) is 42.8 Å². The first-order valence-electron chi connectivity index (χ1n) is 8.45. The number of rotatable bonds is 7. The zero-order valence-electron chi connectivity index (χ0n) is 16.6. The highest BCUT2D eigenvalue weighted by Crippen LogP contribution is 2.25. The van der Waals surface area contributed by atoms with Crippen LogP contribution in [0, 0.1) is 6.92 Å². The quantitative estimate of drug-likeness (QED) is 0.322. The molecule has 0 aromatic heterocycles. The molecule has 0 heterocycles. The van der Waals surface area contributed by atoms with Crippen LogP contribution >= 0.6 is 0 Å². The van der Waals surface area contributed by atoms with E-state index in [0.717, 1.165) is 5.56 Å². The molecule has 1 aromatic rings. The van der Waals surface area contributed by atoms with E-state index in [9.17, 15) is 5.21 Å². The van der Waals surface area contributed by atoms with E-state index >= 15 is 0 Å². The van der Waals surface area contributed by atoms with Crippen molar-refractivity contribution < 1.29 is 24.2 Å². The van der Waals surface area contributed by atoms with Gasteiger partial charge in [0.1, 0.15) is 23.3 Å². The smallest absolute Gasteiger partial charge is 0.170 e. The highest BCUT2D eigenvalue weighted by Gasteiger charge is 2.24. The summed E-state index contributed by atoms with van der Waals surface area (Å²) in [7, 11) is 6.19. The lowest BCUT2D eigenvalue weighted by molar-refractivity contribution is 0.0978. The zero-order chi connectivity index (χ0) is 20.7. The van der Waals surface area contributed by atoms with Gasteiger partial charge in [-0.2, -0.15) is 5.10 Å². The van der Waals surface area contributed by atoms with Crippen LogP contribution in [0.2, 0.25) is 0 Å². The molecule has 1 atom stereocenters. The molecule has 8 nitrogen and oxygen atoms in total. The first kappa shape index (κ1) is 21.0. The Morgan fingerprint density at radius 3 is 2.32 bits per heavy atom. The molecule has 0 bridgehead atoms. The lowest BCUT2D eigenvalue weighted by Crippen LogP contribution is -2.21. The first-order chi connectivity index (χ1) is 13.5. The maximum Gasteiger partial charge on any atom is 0.170 e. The van der Waals surface area contributed by atoms with Crippen LogP contribution in [0.15, 0.2) is 63.8 Å². The summed E-state index contributed by atoms with van der Waals surface area (Å²) < 4.78 is 21.5. The fraction of sp³-hybridized carbons (Fsp3) is 0.300. The highest BCUT2D eigenvalue weighted by molar-refractivity contribution is 6.54. The minimum absolute atomic E-state index is 0.175. The number of nitrogens with two attached hydrogens (primary N) is 1. The third-order valence-corrected chi connectivity index (χ3v) is 4.35. The van der Waals surface area contributed by atoms with Gasteiger partial charge in [-0.3, -0.25) is 0 Å². The molecule has 1 aliphatic rings. The number of ether oxygens (including phenoxy) is 4. The third kappa shape index (κ3) is 4.17. The molecular formula is C20H25N3O5. The molecule has 3 N–H and O–H groups in total. The molecule has 1 aliphatic carbocycles. The van der Waals surface area contributed by atoms with Gasteiger partial charge in [0, 0.05) is 18.2 Å². The van der Waals surface area contributed by atoms with Gasteiger partial charge >= 0.3 is 0 Å². The number of nitrogens with zero attached hydrogens (tertiary/aromatic N) is 2. The molecule has 0 aliphatic heterocycles. The van der Waals surface area contributed by atoms with E-state index in [1.807, 2.05) is 13.0 Å². The number of aryl methyl sites for hydroxylation is 1. The summed E-state index contributed by atoms with van der Waals surface area (Å²) in [5, 5.41) is 17.1. The van der Waals surface area contributed by atoms with Gasteiger partial charge in [0.05, 0.1) is 21.3 Å². The molecule has 1 aromatic carbocycles. The van der Waals surface area contributed by atoms with Crippen LogP contribution in [0.25, 0.3) is 0 Å². The predicted molar refractivity (Wildman–Crippen MR) is 107 cm³/mol. The number of allylic oxidation sites excluding steroid dienone is 3. The average molecular weight is 387 g/mol. The Labute approximate surface area is 164 Å². The molecule has 150 valence electrons. The molecular weight excluding hydrogens is 362 g/mol. The summed E-state index contributed by atoms with van der Waals surface area (Å²) in [6.45, 7) is 1.89. The number of benzene rings is 1. The van der Waals surface area contributed by atoms with Crippen molar-refractivity contribution in [3.05, 3.63) is 64.6 Å². The zero-order valence-corrected chi connectivity index (χ0v) is 16.6. The largest absolute Gasteiger partial charge is 0.497 e. The van der Waals surface area contributed by atoms with Gasteiger partial charge in [-0.1, -0.05) is 11.2 Å². The minimum Gasteiger partial charge on any atom is -0.497 e. The predicted octanol–water partition coefficient (Wildman–Crippen LogP) is 2.51. The van der Waals surface area contributed by atoms with E-state index in [2.05, 4.69) is 10.3 Å². The van der Waals surface area contributed by atoms with Crippen molar-refractivity contribution in [3.63, 3.8) is 0 Å². The van der Waals surface area contributed by atoms with Gasteiger partial charge < -0.3 is 30.0 Å². The number of hydrazone groups is 1. The maximum absolute atomic E-state index is 9.76. The second-order valence-corrected chi connectivity index (χ2v) is 5.86. The Morgan fingerprint density at radius 2 is 1.82 bits per heavy atom. The molecule has 0 saturated heterocycles. The van der Waals surface area contributed by atoms with E-state index < -0.39 is 6.10 Å². The summed E-state index contributed by atoms with van der Waals surface area (Å²) in [5.74, 6) is 7.28. The third-order valence-electron chi connectivity index (χ3n) is 4.35. The number of methoxy groups -OCH3 is 4. The van der Waals surface area contributed by atoms with Crippen LogP contribution in [0.5, 0.6) is 5.75 Å². The molecule has 28 heavy (non-hydrogen) atoms. The maximum atomic E-state index is 9.76. The summed E-state index contributed by atoms with van der Waals surface area (Å²) >= 11 is 0. The standard InChI is InChI=1S/C20H25N3O5/c1-12-10-14(25-2)7-8-15(12)19(22-21)18(23-24)13-6-9-16(26-3)20(28-5)17(11-13)27-4/h6-11,16,24H,21H2,1-5H3/b22-19+,23-18+. The second kappa shape index (κ2) is 9.61. The van der Waals surface area contributed by atoms with Crippen LogP contribution in [0.4, 0.5) is 0 Å². The Bertz CT molecular complexity index is 869. The molecule has 0 saturated carbocycles. The van der Waals surface area contributed by atoms with Gasteiger partial charge in [-0.15, -0.1) is 0 Å². The van der Waals surface area contributed by atoms with E-state index in [1.54, 1.807) is 44.6 Å². The summed E-state index contributed by atoms with van der Waals surface area (Å²) in [6, 6.07) is 5.43. The van der Waals surface area contributed by atoms with Crippen molar-refractivity contribution >= 4 is 11.4 Å². The Hall–Kier alpha value is -3.26. The van der Waals surface area contributed by atoms with E-state index in [1.165, 1.54) is 14.2 Å². The van der Waals surface area contributed by atoms with Crippen molar-refractivity contribution in [2.45, 2.75) is 13.0 Å². The van der Waals surface area contributed by atoms with Gasteiger partial charge in [-0.25, -0.2) is 0 Å². The molecule has 1 unspecified atom stereocenters. The van der Waals surface area contributed by atoms with Crippen LogP contribution in [0.1, 0.15) is 11.1 Å². The summed E-state index contributed by atoms with van der Waals surface area (Å²) in [6.07, 6.45) is 4.71. The lowest BCUT2D eigenvalue weighted by atomic mass is 9.95. The second-order valence-electron chi connectivity index (χ2n) is 5.86. The fourth-order valence-electron chi connectivity index (χ4n) is 2.92. The SMILES string of the molecule is COC1=C(OC)C(OC)C=CC(C(=N\O)/C(=N/N)c2ccc(OC)cc2C)=C1. The Kier molecular flexibility index (Phi) is 7.22. The van der Waals surface area contributed by atoms with Crippen LogP contribution < -0.4 is 10.6 Å². The van der Waals surface area contributed by atoms with Gasteiger partial charge in [0.2, 0.25) is 0 Å². The summed E-state index contributed by atoms with van der Waals surface area (Å²) in [5.41, 5.74) is 2.57. The molecule has 2 rings (SSSR count). The van der Waals surface area contributed by atoms with Crippen LogP contribution in [0.3, 0.4) is 0 Å². The van der Waals surface area contributed by atoms with Gasteiger partial charge in [0.25, 0.3) is 0 Å². The van der Waals surface area contributed by atoms with Crippen LogP contribution in [-0.4, -0.2) is 51.2 Å². The van der Waals surface area contributed by atoms with E-state index in [-0.39, 0.29) is 5.71 Å². The lowest BCUT2D eigenvalue weighted by Gasteiger charge is -2.15. The molecule has 0 fully saturated rings. The Morgan fingerprint density at radius 1 is 1.07 bits per heavy atom. The van der Waals surface area contributed by atoms with E-state index in [4.69, 9.17) is 24.8 Å². The van der Waals surface area contributed by atoms with Crippen molar-refractivity contribution in [2.24, 2.45) is 16.1 Å².